The lowest BCUT2D eigenvalue weighted by Gasteiger charge is -2.30. The molecule has 0 aromatic heterocycles. The lowest BCUT2D eigenvalue weighted by molar-refractivity contribution is -0.145. The first-order valence-corrected chi connectivity index (χ1v) is 7.28. The van der Waals surface area contributed by atoms with Crippen molar-refractivity contribution in [2.45, 2.75) is 38.1 Å². The van der Waals surface area contributed by atoms with Gasteiger partial charge in [-0.1, -0.05) is 6.42 Å². The number of nitrogens with zero attached hydrogens (tertiary/aromatic N) is 2. The molecule has 5 nitrogen and oxygen atoms in total. The minimum atomic E-state index is -0.249. The molecule has 1 saturated heterocycles. The van der Waals surface area contributed by atoms with Gasteiger partial charge >= 0.3 is 0 Å². The van der Waals surface area contributed by atoms with Crippen LogP contribution >= 0.6 is 12.4 Å². The van der Waals surface area contributed by atoms with E-state index < -0.39 is 0 Å². The Balaban J connectivity index is 0.00000200. The predicted octanol–water partition coefficient (Wildman–Crippen LogP) is 0.862. The standard InChI is InChI=1S/C14H25N3O2.ClH/c1-16(2)14(19)12-7-4-8-17(12)13(18)11-6-3-5-10(11)9-15;/h10-12H,3-9,15H2,1-2H3;1H/t10-,11-,12?;/m1./s1. The van der Waals surface area contributed by atoms with E-state index >= 15 is 0 Å². The fourth-order valence-electron chi connectivity index (χ4n) is 3.44. The Kier molecular flexibility index (Phi) is 6.27. The maximum atomic E-state index is 12.7. The quantitative estimate of drug-likeness (QED) is 0.841. The SMILES string of the molecule is CN(C)C(=O)C1CCCN1C(=O)[C@@H]1CCC[C@@H]1CN.Cl. The molecule has 3 atom stereocenters. The molecular formula is C14H26ClN3O2. The number of nitrogens with two attached hydrogens (primary N) is 1. The van der Waals surface area contributed by atoms with E-state index in [-0.39, 0.29) is 36.2 Å². The maximum absolute atomic E-state index is 12.7. The molecule has 2 aliphatic rings. The summed E-state index contributed by atoms with van der Waals surface area (Å²) in [5.41, 5.74) is 5.76. The van der Waals surface area contributed by atoms with E-state index in [1.807, 2.05) is 0 Å². The highest BCUT2D eigenvalue weighted by atomic mass is 35.5. The van der Waals surface area contributed by atoms with Crippen molar-refractivity contribution < 1.29 is 9.59 Å². The van der Waals surface area contributed by atoms with Crippen LogP contribution in [-0.4, -0.2) is 54.8 Å². The molecule has 2 N–H and O–H groups in total. The van der Waals surface area contributed by atoms with Crippen LogP contribution in [0.1, 0.15) is 32.1 Å². The molecule has 20 heavy (non-hydrogen) atoms. The lowest BCUT2D eigenvalue weighted by atomic mass is 9.94. The predicted molar refractivity (Wildman–Crippen MR) is 80.6 cm³/mol. The third kappa shape index (κ3) is 3.26. The Hall–Kier alpha value is -0.810. The molecule has 2 fully saturated rings. The molecule has 0 bridgehead atoms. The monoisotopic (exact) mass is 303 g/mol. The Bertz CT molecular complexity index is 362. The summed E-state index contributed by atoms with van der Waals surface area (Å²) in [5, 5.41) is 0. The van der Waals surface area contributed by atoms with E-state index in [9.17, 15) is 9.59 Å². The number of amides is 2. The van der Waals surface area contributed by atoms with Crippen molar-refractivity contribution in [1.29, 1.82) is 0 Å². The van der Waals surface area contributed by atoms with Crippen LogP contribution in [0, 0.1) is 11.8 Å². The molecule has 116 valence electrons. The zero-order valence-corrected chi connectivity index (χ0v) is 13.2. The van der Waals surface area contributed by atoms with E-state index in [0.717, 1.165) is 38.6 Å². The fraction of sp³-hybridized carbons (Fsp3) is 0.857. The molecule has 6 heteroatoms. The third-order valence-electron chi connectivity index (χ3n) is 4.54. The second kappa shape index (κ2) is 7.27. The number of hydrogen-bond donors (Lipinski definition) is 1. The van der Waals surface area contributed by atoms with Gasteiger partial charge in [-0.05, 0) is 38.1 Å². The van der Waals surface area contributed by atoms with Crippen molar-refractivity contribution in [3.05, 3.63) is 0 Å². The zero-order chi connectivity index (χ0) is 14.0. The van der Waals surface area contributed by atoms with Gasteiger partial charge in [0.1, 0.15) is 6.04 Å². The lowest BCUT2D eigenvalue weighted by Crippen LogP contribution is -2.48. The highest BCUT2D eigenvalue weighted by Crippen LogP contribution is 2.34. The molecule has 1 unspecified atom stereocenters. The molecule has 0 radical (unpaired) electrons. The summed E-state index contributed by atoms with van der Waals surface area (Å²) in [6.45, 7) is 1.30. The summed E-state index contributed by atoms with van der Waals surface area (Å²) < 4.78 is 0. The number of hydrogen-bond acceptors (Lipinski definition) is 3. The van der Waals surface area contributed by atoms with Gasteiger partial charge in [-0.2, -0.15) is 0 Å². The zero-order valence-electron chi connectivity index (χ0n) is 12.4. The molecule has 0 aromatic rings. The van der Waals surface area contributed by atoms with E-state index in [4.69, 9.17) is 5.73 Å². The topological polar surface area (TPSA) is 66.6 Å². The number of halogens is 1. The van der Waals surface area contributed by atoms with Crippen LogP contribution in [0.2, 0.25) is 0 Å². The van der Waals surface area contributed by atoms with Crippen LogP contribution in [0.3, 0.4) is 0 Å². The highest BCUT2D eigenvalue weighted by Gasteiger charge is 2.41. The summed E-state index contributed by atoms with van der Waals surface area (Å²) in [5.74, 6) is 0.558. The summed E-state index contributed by atoms with van der Waals surface area (Å²) >= 11 is 0. The molecule has 1 saturated carbocycles. The number of likely N-dealkylation sites (N-methyl/N-ethyl adjacent to an activating group) is 1. The van der Waals surface area contributed by atoms with Crippen molar-refractivity contribution in [3.8, 4) is 0 Å². The van der Waals surface area contributed by atoms with Crippen LogP contribution in [0.5, 0.6) is 0 Å². The van der Waals surface area contributed by atoms with E-state index in [2.05, 4.69) is 0 Å². The van der Waals surface area contributed by atoms with Crippen molar-refractivity contribution in [1.82, 2.24) is 9.80 Å². The second-order valence-electron chi connectivity index (χ2n) is 5.96. The largest absolute Gasteiger partial charge is 0.347 e. The van der Waals surface area contributed by atoms with Crippen LogP contribution in [0.4, 0.5) is 0 Å². The van der Waals surface area contributed by atoms with E-state index in [1.165, 1.54) is 0 Å². The normalized spacial score (nSPS) is 29.1. The van der Waals surface area contributed by atoms with Gasteiger partial charge in [0.15, 0.2) is 0 Å². The molecule has 2 rings (SSSR count). The minimum absolute atomic E-state index is 0. The summed E-state index contributed by atoms with van der Waals surface area (Å²) in [4.78, 5) is 28.2. The Labute approximate surface area is 127 Å². The van der Waals surface area contributed by atoms with Gasteiger partial charge in [0.25, 0.3) is 0 Å². The van der Waals surface area contributed by atoms with Crippen molar-refractivity contribution in [2.75, 3.05) is 27.2 Å². The van der Waals surface area contributed by atoms with Gasteiger partial charge in [0.05, 0.1) is 0 Å². The number of carbonyl (C=O) groups is 2. The number of likely N-dealkylation sites (tertiary alicyclic amines) is 1. The number of carbonyl (C=O) groups excluding carboxylic acids is 2. The van der Waals surface area contributed by atoms with Crippen molar-refractivity contribution in [2.24, 2.45) is 17.6 Å². The first kappa shape index (κ1) is 17.2. The first-order valence-electron chi connectivity index (χ1n) is 7.28. The average molecular weight is 304 g/mol. The van der Waals surface area contributed by atoms with Gasteiger partial charge in [-0.3, -0.25) is 9.59 Å². The molecule has 0 spiro atoms. The summed E-state index contributed by atoms with van der Waals surface area (Å²) in [6, 6.07) is -0.249. The van der Waals surface area contributed by atoms with Gasteiger partial charge in [0.2, 0.25) is 11.8 Å². The van der Waals surface area contributed by atoms with Crippen molar-refractivity contribution in [3.63, 3.8) is 0 Å². The molecule has 1 aliphatic heterocycles. The minimum Gasteiger partial charge on any atom is -0.347 e. The smallest absolute Gasteiger partial charge is 0.244 e. The van der Waals surface area contributed by atoms with Crippen LogP contribution < -0.4 is 5.73 Å². The highest BCUT2D eigenvalue weighted by molar-refractivity contribution is 5.89. The fourth-order valence-corrected chi connectivity index (χ4v) is 3.44. The summed E-state index contributed by atoms with van der Waals surface area (Å²) in [6.07, 6.45) is 4.78. The van der Waals surface area contributed by atoms with E-state index in [1.54, 1.807) is 23.9 Å². The van der Waals surface area contributed by atoms with Gasteiger partial charge in [0, 0.05) is 26.6 Å². The van der Waals surface area contributed by atoms with Crippen LogP contribution in [0.25, 0.3) is 0 Å². The number of rotatable bonds is 3. The molecule has 1 aliphatic carbocycles. The Morgan fingerprint density at radius 1 is 1.20 bits per heavy atom. The molecule has 1 heterocycles. The van der Waals surface area contributed by atoms with Gasteiger partial charge < -0.3 is 15.5 Å². The maximum Gasteiger partial charge on any atom is 0.244 e. The van der Waals surface area contributed by atoms with E-state index in [0.29, 0.717) is 12.5 Å². The van der Waals surface area contributed by atoms with Gasteiger partial charge in [-0.25, -0.2) is 0 Å². The summed E-state index contributed by atoms with van der Waals surface area (Å²) in [7, 11) is 3.50. The third-order valence-corrected chi connectivity index (χ3v) is 4.54. The van der Waals surface area contributed by atoms with Crippen LogP contribution in [0.15, 0.2) is 0 Å². The van der Waals surface area contributed by atoms with Crippen molar-refractivity contribution >= 4 is 24.2 Å². The second-order valence-corrected chi connectivity index (χ2v) is 5.96. The molecule has 0 aromatic carbocycles. The first-order chi connectivity index (χ1) is 9.06. The Morgan fingerprint density at radius 2 is 1.90 bits per heavy atom. The van der Waals surface area contributed by atoms with Gasteiger partial charge in [-0.15, -0.1) is 12.4 Å². The average Bonchev–Trinajstić information content (AvgIpc) is 3.05. The Morgan fingerprint density at radius 3 is 2.50 bits per heavy atom. The van der Waals surface area contributed by atoms with Crippen LogP contribution in [-0.2, 0) is 9.59 Å². The molecule has 2 amide bonds. The molecular weight excluding hydrogens is 278 g/mol.